The zero-order valence-electron chi connectivity index (χ0n) is 36.7. The second-order valence-electron chi connectivity index (χ2n) is 16.9. The van der Waals surface area contributed by atoms with Crippen LogP contribution in [-0.4, -0.2) is 128 Å². The molecule has 0 saturated carbocycles. The van der Waals surface area contributed by atoms with Gasteiger partial charge in [0.25, 0.3) is 11.8 Å². The Morgan fingerprint density at radius 3 is 1.36 bits per heavy atom. The number of amides is 8. The molecular weight excluding hydrogens is 860 g/mol. The zero-order chi connectivity index (χ0) is 45.3. The van der Waals surface area contributed by atoms with Crippen molar-refractivity contribution in [1.29, 1.82) is 0 Å². The van der Waals surface area contributed by atoms with E-state index < -0.39 is 40.4 Å². The van der Waals surface area contributed by atoms with Crippen LogP contribution in [0.3, 0.4) is 0 Å². The van der Waals surface area contributed by atoms with E-state index in [0.717, 1.165) is 28.0 Å². The molecule has 4 heterocycles. The van der Waals surface area contributed by atoms with Gasteiger partial charge >= 0.3 is 24.2 Å². The molecule has 0 bridgehead atoms. The number of benzene rings is 2. The average molecular weight is 920 g/mol. The largest absolute Gasteiger partial charge is 0.497 e. The van der Waals surface area contributed by atoms with Gasteiger partial charge in [-0.05, 0) is 103 Å². The van der Waals surface area contributed by atoms with Crippen LogP contribution in [0, 0.1) is 0 Å². The summed E-state index contributed by atoms with van der Waals surface area (Å²) in [7, 11) is 6.37. The molecule has 0 aliphatic carbocycles. The lowest BCUT2D eigenvalue weighted by Gasteiger charge is -2.37. The van der Waals surface area contributed by atoms with Gasteiger partial charge in [-0.3, -0.25) is 19.8 Å². The van der Waals surface area contributed by atoms with Crippen LogP contribution in [-0.2, 0) is 30.9 Å². The van der Waals surface area contributed by atoms with E-state index in [1.54, 1.807) is 77.2 Å². The molecule has 2 spiro atoms. The highest BCUT2D eigenvalue weighted by Gasteiger charge is 2.53. The summed E-state index contributed by atoms with van der Waals surface area (Å²) in [6.45, 7) is 12.4. The molecule has 6 rings (SSSR count). The summed E-state index contributed by atoms with van der Waals surface area (Å²) in [5.41, 5.74) is -1.10. The van der Waals surface area contributed by atoms with E-state index in [0.29, 0.717) is 63.4 Å². The second-order valence-corrected chi connectivity index (χ2v) is 17.5. The van der Waals surface area contributed by atoms with Gasteiger partial charge in [0.2, 0.25) is 0 Å². The number of nitrogens with zero attached hydrogens (tertiary/aromatic N) is 3. The van der Waals surface area contributed by atoms with Crippen molar-refractivity contribution in [3.63, 3.8) is 0 Å². The van der Waals surface area contributed by atoms with Crippen LogP contribution in [0.25, 0.3) is 0 Å². The molecule has 4 aliphatic heterocycles. The summed E-state index contributed by atoms with van der Waals surface area (Å²) in [5.74, 6) is 2.22. The van der Waals surface area contributed by atoms with Gasteiger partial charge in [0.1, 0.15) is 45.3 Å². The van der Waals surface area contributed by atoms with E-state index in [1.807, 2.05) is 39.0 Å². The van der Waals surface area contributed by atoms with Crippen molar-refractivity contribution < 1.29 is 57.2 Å². The highest BCUT2D eigenvalue weighted by molar-refractivity contribution is 9.08. The molecule has 4 aliphatic rings. The number of hydrogen-bond acceptors (Lipinski definition) is 12. The fraction of sp³-hybridized carbons (Fsp3) is 0.571. The molecule has 0 radical (unpaired) electrons. The van der Waals surface area contributed by atoms with Gasteiger partial charge in [0, 0.05) is 43.6 Å². The highest BCUT2D eigenvalue weighted by atomic mass is 79.9. The van der Waals surface area contributed by atoms with E-state index in [9.17, 15) is 28.8 Å². The Balaban J connectivity index is 0.000000224. The molecule has 0 unspecified atom stereocenters. The Bertz CT molecular complexity index is 1850. The SMILES string of the molecule is CC(C)(C)OC(=O)N1CCC2(CC1)NC(=O)NC2=O.COc1cc(CBr)cc(OC)c1.COc1cc(CN2C(=O)NC3(CCN(C(=O)OC(C)(C)C)CC3)C2=O)cc(OC)c1. The Labute approximate surface area is 365 Å². The lowest BCUT2D eigenvalue weighted by molar-refractivity contribution is -0.133. The van der Waals surface area contributed by atoms with Gasteiger partial charge in [-0.1, -0.05) is 15.9 Å². The number of methoxy groups -OCH3 is 4. The monoisotopic (exact) mass is 918 g/mol. The number of hydrogen-bond donors (Lipinski definition) is 3. The lowest BCUT2D eigenvalue weighted by atomic mass is 9.87. The summed E-state index contributed by atoms with van der Waals surface area (Å²) in [4.78, 5) is 77.2. The predicted molar refractivity (Wildman–Crippen MR) is 227 cm³/mol. The van der Waals surface area contributed by atoms with Crippen LogP contribution in [0.1, 0.15) is 78.4 Å². The summed E-state index contributed by atoms with van der Waals surface area (Å²) in [6.07, 6.45) is 0.707. The van der Waals surface area contributed by atoms with E-state index >= 15 is 0 Å². The van der Waals surface area contributed by atoms with Crippen LogP contribution in [0.2, 0.25) is 0 Å². The summed E-state index contributed by atoms with van der Waals surface area (Å²) in [5, 5.41) is 8.54. The molecule has 2 aromatic carbocycles. The third-order valence-corrected chi connectivity index (χ3v) is 10.8. The van der Waals surface area contributed by atoms with E-state index in [2.05, 4.69) is 31.9 Å². The van der Waals surface area contributed by atoms with Gasteiger partial charge in [-0.25, -0.2) is 19.2 Å². The normalized spacial score (nSPS) is 17.9. The molecule has 0 aromatic heterocycles. The van der Waals surface area contributed by atoms with Gasteiger partial charge in [0.05, 0.1) is 35.0 Å². The Hall–Kier alpha value is -5.46. The number of piperidine rings is 2. The van der Waals surface area contributed by atoms with Crippen molar-refractivity contribution in [3.05, 3.63) is 47.5 Å². The topological polar surface area (TPSA) is 204 Å². The first kappa shape index (κ1) is 48.2. The van der Waals surface area contributed by atoms with Crippen molar-refractivity contribution in [2.45, 2.75) is 101 Å². The maximum Gasteiger partial charge on any atom is 0.410 e. The fourth-order valence-electron chi connectivity index (χ4n) is 6.92. The number of urea groups is 2. The maximum absolute atomic E-state index is 13.2. The Morgan fingerprint density at radius 1 is 0.623 bits per heavy atom. The van der Waals surface area contributed by atoms with Gasteiger partial charge in [-0.2, -0.15) is 0 Å². The number of imide groups is 2. The molecule has 18 nitrogen and oxygen atoms in total. The average Bonchev–Trinajstić information content (AvgIpc) is 3.61. The quantitative estimate of drug-likeness (QED) is 0.226. The number of halogens is 1. The summed E-state index contributed by atoms with van der Waals surface area (Å²) in [6, 6.07) is 10.1. The molecule has 8 amide bonds. The molecule has 4 fully saturated rings. The summed E-state index contributed by atoms with van der Waals surface area (Å²) < 4.78 is 31.4. The van der Waals surface area contributed by atoms with Crippen LogP contribution in [0.5, 0.6) is 23.0 Å². The highest BCUT2D eigenvalue weighted by Crippen LogP contribution is 2.33. The molecule has 61 heavy (non-hydrogen) atoms. The summed E-state index contributed by atoms with van der Waals surface area (Å²) >= 11 is 3.37. The molecule has 19 heteroatoms. The van der Waals surface area contributed by atoms with Gasteiger partial charge in [-0.15, -0.1) is 0 Å². The smallest absolute Gasteiger partial charge is 0.410 e. The number of rotatable bonds is 7. The first-order valence-corrected chi connectivity index (χ1v) is 20.9. The van der Waals surface area contributed by atoms with Crippen LogP contribution in [0.4, 0.5) is 19.2 Å². The van der Waals surface area contributed by atoms with E-state index in [1.165, 1.54) is 4.90 Å². The van der Waals surface area contributed by atoms with E-state index in [-0.39, 0.29) is 24.5 Å². The molecule has 3 N–H and O–H groups in total. The molecule has 4 saturated heterocycles. The number of carbonyl (C=O) groups excluding carboxylic acids is 6. The number of nitrogens with one attached hydrogen (secondary N) is 3. The lowest BCUT2D eigenvalue weighted by Crippen LogP contribution is -2.56. The third kappa shape index (κ3) is 12.8. The molecule has 0 atom stereocenters. The molecule has 2 aromatic rings. The van der Waals surface area contributed by atoms with Crippen molar-refractivity contribution in [2.24, 2.45) is 0 Å². The standard InChI is InChI=1S/C21H29N3O6.C12H19N3O4.C9H11BrO2/c1-20(2,3)30-19(27)23-8-6-21(7-9-23)17(25)24(18(26)22-21)13-14-10-15(28-4)12-16(11-14)29-5;1-11(2,3)19-10(18)15-6-4-12(5-7-15)8(16)13-9(17)14-12;1-11-8-3-7(6-10)4-9(5-8)12-2/h10-12H,6-9,13H2,1-5H3,(H,22,26);4-7H2,1-3H3,(H2,13,14,16,17);3-5H,6H2,1-2H3. The number of likely N-dealkylation sites (tertiary alicyclic amines) is 2. The number of carbonyl (C=O) groups is 6. The molecule has 336 valence electrons. The molecular formula is C42H59BrN6O12. The van der Waals surface area contributed by atoms with Crippen LogP contribution >= 0.6 is 15.9 Å². The fourth-order valence-corrected chi connectivity index (χ4v) is 7.24. The number of alkyl halides is 1. The minimum absolute atomic E-state index is 0.107. The Morgan fingerprint density at radius 2 is 1.02 bits per heavy atom. The van der Waals surface area contributed by atoms with Crippen LogP contribution < -0.4 is 34.9 Å². The van der Waals surface area contributed by atoms with Gasteiger partial charge < -0.3 is 48.9 Å². The Kier molecular flexibility index (Phi) is 15.8. The zero-order valence-corrected chi connectivity index (χ0v) is 38.2. The number of ether oxygens (including phenoxy) is 6. The van der Waals surface area contributed by atoms with Crippen molar-refractivity contribution >= 4 is 52.0 Å². The minimum atomic E-state index is -0.988. The first-order chi connectivity index (χ1) is 28.6. The minimum Gasteiger partial charge on any atom is -0.497 e. The van der Waals surface area contributed by atoms with Gasteiger partial charge in [0.15, 0.2) is 0 Å². The van der Waals surface area contributed by atoms with Crippen molar-refractivity contribution in [2.75, 3.05) is 54.6 Å². The predicted octanol–water partition coefficient (Wildman–Crippen LogP) is 5.72. The third-order valence-electron chi connectivity index (χ3n) is 10.1. The van der Waals surface area contributed by atoms with Crippen LogP contribution in [0.15, 0.2) is 36.4 Å². The second kappa shape index (κ2) is 19.9. The first-order valence-electron chi connectivity index (χ1n) is 19.8. The van der Waals surface area contributed by atoms with E-state index in [4.69, 9.17) is 28.4 Å². The van der Waals surface area contributed by atoms with Crippen molar-refractivity contribution in [1.82, 2.24) is 30.7 Å². The van der Waals surface area contributed by atoms with Crippen molar-refractivity contribution in [3.8, 4) is 23.0 Å². The maximum atomic E-state index is 13.2.